The zero-order valence-corrected chi connectivity index (χ0v) is 14.1. The van der Waals surface area contributed by atoms with E-state index >= 15 is 0 Å². The standard InChI is InChI=1S/C17H17Cl2N3O/c18-13-5-4-6-14(19)16(13)21-17(23)15-11-12(7-8-20-15)22-9-2-1-3-10-22/h4-8,11H,1-3,9-10H2,(H,21,23). The molecule has 1 aromatic heterocycles. The van der Waals surface area contributed by atoms with Crippen molar-refractivity contribution in [1.29, 1.82) is 0 Å². The minimum absolute atomic E-state index is 0.321. The van der Waals surface area contributed by atoms with Crippen molar-refractivity contribution in [2.24, 2.45) is 0 Å². The van der Waals surface area contributed by atoms with Crippen LogP contribution >= 0.6 is 23.2 Å². The van der Waals surface area contributed by atoms with Crippen molar-refractivity contribution in [3.8, 4) is 0 Å². The lowest BCUT2D eigenvalue weighted by molar-refractivity contribution is 0.102. The topological polar surface area (TPSA) is 45.2 Å². The molecule has 1 N–H and O–H groups in total. The van der Waals surface area contributed by atoms with Crippen LogP contribution < -0.4 is 10.2 Å². The molecule has 0 bridgehead atoms. The second kappa shape index (κ2) is 7.20. The Morgan fingerprint density at radius 2 is 1.78 bits per heavy atom. The van der Waals surface area contributed by atoms with E-state index in [-0.39, 0.29) is 5.91 Å². The summed E-state index contributed by atoms with van der Waals surface area (Å²) in [7, 11) is 0. The Morgan fingerprint density at radius 1 is 1.09 bits per heavy atom. The summed E-state index contributed by atoms with van der Waals surface area (Å²) in [6, 6.07) is 8.84. The van der Waals surface area contributed by atoms with E-state index in [2.05, 4.69) is 15.2 Å². The number of pyridine rings is 1. The highest BCUT2D eigenvalue weighted by atomic mass is 35.5. The van der Waals surface area contributed by atoms with E-state index in [1.54, 1.807) is 24.4 Å². The molecule has 0 unspecified atom stereocenters. The van der Waals surface area contributed by atoms with Gasteiger partial charge in [-0.05, 0) is 43.5 Å². The summed E-state index contributed by atoms with van der Waals surface area (Å²) in [6.07, 6.45) is 5.28. The molecule has 6 heteroatoms. The number of carbonyl (C=O) groups excluding carboxylic acids is 1. The SMILES string of the molecule is O=C(Nc1c(Cl)cccc1Cl)c1cc(N2CCCCC2)ccn1. The van der Waals surface area contributed by atoms with Crippen molar-refractivity contribution >= 4 is 40.5 Å². The first kappa shape index (κ1) is 16.1. The normalized spacial score (nSPS) is 14.6. The summed E-state index contributed by atoms with van der Waals surface area (Å²) in [5.74, 6) is -0.321. The van der Waals surface area contributed by atoms with Crippen LogP contribution in [0.3, 0.4) is 0 Å². The Morgan fingerprint density at radius 3 is 2.48 bits per heavy atom. The maximum absolute atomic E-state index is 12.4. The highest BCUT2D eigenvalue weighted by Crippen LogP contribution is 2.30. The highest BCUT2D eigenvalue weighted by molar-refractivity contribution is 6.40. The van der Waals surface area contributed by atoms with E-state index in [1.807, 2.05) is 12.1 Å². The molecule has 0 aliphatic carbocycles. The minimum Gasteiger partial charge on any atom is -0.371 e. The Balaban J connectivity index is 1.80. The second-order valence-electron chi connectivity index (χ2n) is 5.50. The molecule has 3 rings (SSSR count). The van der Waals surface area contributed by atoms with E-state index in [0.29, 0.717) is 21.4 Å². The van der Waals surface area contributed by atoms with Crippen LogP contribution in [0.1, 0.15) is 29.8 Å². The van der Waals surface area contributed by atoms with E-state index < -0.39 is 0 Å². The van der Waals surface area contributed by atoms with Crippen molar-refractivity contribution in [3.63, 3.8) is 0 Å². The Kier molecular flexibility index (Phi) is 5.03. The maximum Gasteiger partial charge on any atom is 0.274 e. The van der Waals surface area contributed by atoms with E-state index in [1.165, 1.54) is 19.3 Å². The lowest BCUT2D eigenvalue weighted by Gasteiger charge is -2.28. The highest BCUT2D eigenvalue weighted by Gasteiger charge is 2.16. The number of rotatable bonds is 3. The number of aromatic nitrogens is 1. The Hall–Kier alpha value is -1.78. The van der Waals surface area contributed by atoms with Gasteiger partial charge in [0.15, 0.2) is 0 Å². The molecule has 1 aromatic carbocycles. The summed E-state index contributed by atoms with van der Waals surface area (Å²) in [5, 5.41) is 3.54. The van der Waals surface area contributed by atoms with Gasteiger partial charge in [-0.3, -0.25) is 9.78 Å². The number of carbonyl (C=O) groups is 1. The van der Waals surface area contributed by atoms with Gasteiger partial charge in [-0.2, -0.15) is 0 Å². The molecular weight excluding hydrogens is 333 g/mol. The molecule has 1 aliphatic heterocycles. The molecule has 1 aliphatic rings. The largest absolute Gasteiger partial charge is 0.371 e. The van der Waals surface area contributed by atoms with Crippen molar-refractivity contribution < 1.29 is 4.79 Å². The van der Waals surface area contributed by atoms with E-state index in [0.717, 1.165) is 18.8 Å². The average molecular weight is 350 g/mol. The number of amides is 1. The molecule has 120 valence electrons. The number of para-hydroxylation sites is 1. The van der Waals surface area contributed by atoms with Gasteiger partial charge in [0.25, 0.3) is 5.91 Å². The molecule has 23 heavy (non-hydrogen) atoms. The van der Waals surface area contributed by atoms with Crippen LogP contribution in [0.5, 0.6) is 0 Å². The average Bonchev–Trinajstić information content (AvgIpc) is 2.59. The maximum atomic E-state index is 12.4. The van der Waals surface area contributed by atoms with Crippen LogP contribution in [0.4, 0.5) is 11.4 Å². The van der Waals surface area contributed by atoms with Crippen LogP contribution in [0.15, 0.2) is 36.5 Å². The molecule has 0 saturated carbocycles. The van der Waals surface area contributed by atoms with Gasteiger partial charge in [-0.1, -0.05) is 29.3 Å². The summed E-state index contributed by atoms with van der Waals surface area (Å²) in [6.45, 7) is 2.03. The molecule has 1 fully saturated rings. The monoisotopic (exact) mass is 349 g/mol. The third-order valence-electron chi connectivity index (χ3n) is 3.90. The number of nitrogens with one attached hydrogen (secondary N) is 1. The fourth-order valence-corrected chi connectivity index (χ4v) is 3.18. The van der Waals surface area contributed by atoms with E-state index in [4.69, 9.17) is 23.2 Å². The van der Waals surface area contributed by atoms with Crippen molar-refractivity contribution in [1.82, 2.24) is 4.98 Å². The van der Waals surface area contributed by atoms with Crippen LogP contribution in [-0.2, 0) is 0 Å². The van der Waals surface area contributed by atoms with Gasteiger partial charge in [0, 0.05) is 25.0 Å². The first-order valence-corrected chi connectivity index (χ1v) is 8.37. The Labute approximate surface area is 145 Å². The molecule has 0 atom stereocenters. The lowest BCUT2D eigenvalue weighted by Crippen LogP contribution is -2.29. The molecule has 4 nitrogen and oxygen atoms in total. The third-order valence-corrected chi connectivity index (χ3v) is 4.53. The number of hydrogen-bond acceptors (Lipinski definition) is 3. The van der Waals surface area contributed by atoms with Gasteiger partial charge in [-0.15, -0.1) is 0 Å². The van der Waals surface area contributed by atoms with Gasteiger partial charge in [0.2, 0.25) is 0 Å². The predicted molar refractivity (Wildman–Crippen MR) is 94.7 cm³/mol. The van der Waals surface area contributed by atoms with Gasteiger partial charge < -0.3 is 10.2 Å². The summed E-state index contributed by atoms with van der Waals surface area (Å²) in [4.78, 5) is 18.9. The number of nitrogens with zero attached hydrogens (tertiary/aromatic N) is 2. The third kappa shape index (κ3) is 3.77. The van der Waals surface area contributed by atoms with Crippen LogP contribution in [0.2, 0.25) is 10.0 Å². The number of piperidine rings is 1. The number of anilines is 2. The smallest absolute Gasteiger partial charge is 0.274 e. The summed E-state index contributed by atoms with van der Waals surface area (Å²) < 4.78 is 0. The fourth-order valence-electron chi connectivity index (χ4n) is 2.69. The van der Waals surface area contributed by atoms with Crippen molar-refractivity contribution in [2.45, 2.75) is 19.3 Å². The number of benzene rings is 1. The molecular formula is C17H17Cl2N3O. The van der Waals surface area contributed by atoms with Crippen LogP contribution in [0, 0.1) is 0 Å². The molecule has 0 spiro atoms. The lowest BCUT2D eigenvalue weighted by atomic mass is 10.1. The van der Waals surface area contributed by atoms with Gasteiger partial charge >= 0.3 is 0 Å². The number of hydrogen-bond donors (Lipinski definition) is 1. The molecule has 2 heterocycles. The van der Waals surface area contributed by atoms with Crippen molar-refractivity contribution in [2.75, 3.05) is 23.3 Å². The molecule has 1 saturated heterocycles. The number of halogens is 2. The minimum atomic E-state index is -0.321. The summed E-state index contributed by atoms with van der Waals surface area (Å²) in [5.41, 5.74) is 1.78. The zero-order valence-electron chi connectivity index (χ0n) is 12.6. The molecule has 0 radical (unpaired) electrons. The fraction of sp³-hybridized carbons (Fsp3) is 0.294. The predicted octanol–water partition coefficient (Wildman–Crippen LogP) is 4.63. The second-order valence-corrected chi connectivity index (χ2v) is 6.31. The Bertz CT molecular complexity index is 694. The van der Waals surface area contributed by atoms with Gasteiger partial charge in [-0.25, -0.2) is 0 Å². The zero-order chi connectivity index (χ0) is 16.2. The van der Waals surface area contributed by atoms with Crippen molar-refractivity contribution in [3.05, 3.63) is 52.3 Å². The van der Waals surface area contributed by atoms with Gasteiger partial charge in [0.05, 0.1) is 15.7 Å². The van der Waals surface area contributed by atoms with Crippen LogP contribution in [0.25, 0.3) is 0 Å². The van der Waals surface area contributed by atoms with Crippen LogP contribution in [-0.4, -0.2) is 24.0 Å². The summed E-state index contributed by atoms with van der Waals surface area (Å²) >= 11 is 12.2. The van der Waals surface area contributed by atoms with E-state index in [9.17, 15) is 4.79 Å². The first-order chi connectivity index (χ1) is 11.1. The molecule has 1 amide bonds. The molecule has 2 aromatic rings. The quantitative estimate of drug-likeness (QED) is 0.878. The van der Waals surface area contributed by atoms with Gasteiger partial charge in [0.1, 0.15) is 5.69 Å². The first-order valence-electron chi connectivity index (χ1n) is 7.61.